The molecule has 0 radical (unpaired) electrons. The third kappa shape index (κ3) is 9.14. The van der Waals surface area contributed by atoms with Crippen molar-refractivity contribution in [2.75, 3.05) is 61.8 Å². The number of nitrogens with one attached hydrogen (secondary N) is 3. The minimum atomic E-state index is -0.798. The van der Waals surface area contributed by atoms with Crippen LogP contribution in [-0.4, -0.2) is 77.8 Å². The van der Waals surface area contributed by atoms with E-state index in [9.17, 15) is 4.79 Å². The van der Waals surface area contributed by atoms with Crippen molar-refractivity contribution in [3.8, 4) is 0 Å². The maximum absolute atomic E-state index is 10.9. The number of hydrogen-bond donors (Lipinski definition) is 5. The van der Waals surface area contributed by atoms with Gasteiger partial charge in [0.25, 0.3) is 0 Å². The monoisotopic (exact) mass is 510 g/mol. The molecule has 2 fully saturated rings. The molecule has 2 aliphatic rings. The maximum atomic E-state index is 10.9. The highest BCUT2D eigenvalue weighted by Gasteiger charge is 2.20. The highest BCUT2D eigenvalue weighted by molar-refractivity contribution is 5.69. The van der Waals surface area contributed by atoms with Crippen LogP contribution < -0.4 is 26.6 Å². The topological polar surface area (TPSA) is 132 Å². The summed E-state index contributed by atoms with van der Waals surface area (Å²) >= 11 is 0. The first-order valence-corrected chi connectivity index (χ1v) is 13.6. The van der Waals surface area contributed by atoms with Crippen molar-refractivity contribution >= 4 is 23.6 Å². The summed E-state index contributed by atoms with van der Waals surface area (Å²) in [4.78, 5) is 24.0. The molecule has 1 saturated heterocycles. The van der Waals surface area contributed by atoms with E-state index in [1.807, 2.05) is 4.90 Å². The first-order chi connectivity index (χ1) is 18.0. The van der Waals surface area contributed by atoms with Crippen LogP contribution in [0.4, 0.5) is 17.6 Å². The number of nitrogens with zero attached hydrogens (tertiary/aromatic N) is 4. The molecule has 0 bridgehead atoms. The number of rotatable bonds is 13. The van der Waals surface area contributed by atoms with E-state index in [-0.39, 0.29) is 6.54 Å². The molecule has 1 saturated carbocycles. The first-order valence-electron chi connectivity index (χ1n) is 13.6. The molecule has 1 aromatic carbocycles. The zero-order valence-electron chi connectivity index (χ0n) is 21.8. The Kier molecular flexibility index (Phi) is 10.3. The molecule has 6 N–H and O–H groups in total. The normalized spacial score (nSPS) is 17.1. The molecular formula is C27H42N8O2. The number of aliphatic carboxylic acids is 1. The minimum absolute atomic E-state index is 0.0687. The lowest BCUT2D eigenvalue weighted by Gasteiger charge is -2.34. The van der Waals surface area contributed by atoms with Crippen LogP contribution >= 0.6 is 0 Å². The second-order valence-corrected chi connectivity index (χ2v) is 10.1. The lowest BCUT2D eigenvalue weighted by molar-refractivity contribution is -0.138. The van der Waals surface area contributed by atoms with Gasteiger partial charge in [-0.15, -0.1) is 0 Å². The standard InChI is InChI=1S/C27H42N8O2/c28-24-17-25(35-15-13-34(14-16-35)20-26(36)37)33-27(32-24)31-19-22-9-7-21(8-10-22)18-29-11-4-12-30-23-5-2-1-3-6-23/h7-10,17,23,29-30H,1-6,11-16,18-20H2,(H,36,37)(H3,28,31,32,33). The van der Waals surface area contributed by atoms with Crippen molar-refractivity contribution in [1.29, 1.82) is 0 Å². The van der Waals surface area contributed by atoms with Gasteiger partial charge in [0.1, 0.15) is 11.6 Å². The van der Waals surface area contributed by atoms with Crippen molar-refractivity contribution in [3.05, 3.63) is 41.5 Å². The highest BCUT2D eigenvalue weighted by atomic mass is 16.4. The number of carboxylic acid groups (broad SMARTS) is 1. The number of piperazine rings is 1. The van der Waals surface area contributed by atoms with Crippen molar-refractivity contribution in [2.24, 2.45) is 0 Å². The third-order valence-corrected chi connectivity index (χ3v) is 7.16. The molecule has 0 spiro atoms. The fourth-order valence-electron chi connectivity index (χ4n) is 5.04. The van der Waals surface area contributed by atoms with E-state index in [1.165, 1.54) is 37.7 Å². The highest BCUT2D eigenvalue weighted by Crippen LogP contribution is 2.19. The Morgan fingerprint density at radius 3 is 2.38 bits per heavy atom. The third-order valence-electron chi connectivity index (χ3n) is 7.16. The van der Waals surface area contributed by atoms with Gasteiger partial charge in [-0.1, -0.05) is 43.5 Å². The van der Waals surface area contributed by atoms with Crippen LogP contribution in [0.1, 0.15) is 49.7 Å². The molecule has 0 amide bonds. The van der Waals surface area contributed by atoms with E-state index >= 15 is 0 Å². The molecule has 0 atom stereocenters. The molecule has 0 unspecified atom stereocenters. The summed E-state index contributed by atoms with van der Waals surface area (Å²) in [6, 6.07) is 11.1. The lowest BCUT2D eigenvalue weighted by Crippen LogP contribution is -2.48. The Balaban J connectivity index is 1.16. The zero-order valence-corrected chi connectivity index (χ0v) is 21.8. The number of anilines is 3. The molecule has 10 nitrogen and oxygen atoms in total. The smallest absolute Gasteiger partial charge is 0.317 e. The zero-order chi connectivity index (χ0) is 25.9. The number of nitrogens with two attached hydrogens (primary N) is 1. The van der Waals surface area contributed by atoms with Gasteiger partial charge in [0.15, 0.2) is 0 Å². The number of aromatic nitrogens is 2. The van der Waals surface area contributed by atoms with Crippen LogP contribution in [-0.2, 0) is 17.9 Å². The SMILES string of the molecule is Nc1cc(N2CCN(CC(=O)O)CC2)nc(NCc2ccc(CNCCCNC3CCCCC3)cc2)n1. The molecule has 2 heterocycles. The Hall–Kier alpha value is -2.95. The maximum Gasteiger partial charge on any atom is 0.317 e. The molecule has 1 aliphatic carbocycles. The Morgan fingerprint density at radius 2 is 1.68 bits per heavy atom. The Labute approximate surface area is 220 Å². The number of carboxylic acids is 1. The number of carbonyl (C=O) groups is 1. The molecule has 202 valence electrons. The average molecular weight is 511 g/mol. The van der Waals surface area contributed by atoms with Crippen molar-refractivity contribution in [3.63, 3.8) is 0 Å². The van der Waals surface area contributed by atoms with Gasteiger partial charge in [0.05, 0.1) is 6.54 Å². The minimum Gasteiger partial charge on any atom is -0.480 e. The van der Waals surface area contributed by atoms with E-state index in [4.69, 9.17) is 10.8 Å². The van der Waals surface area contributed by atoms with Crippen LogP contribution in [0.3, 0.4) is 0 Å². The van der Waals surface area contributed by atoms with E-state index in [0.29, 0.717) is 44.5 Å². The van der Waals surface area contributed by atoms with Crippen LogP contribution in [0.5, 0.6) is 0 Å². The lowest BCUT2D eigenvalue weighted by atomic mass is 9.95. The fraction of sp³-hybridized carbons (Fsp3) is 0.593. The van der Waals surface area contributed by atoms with Crippen LogP contribution in [0.2, 0.25) is 0 Å². The molecule has 1 aromatic heterocycles. The van der Waals surface area contributed by atoms with Gasteiger partial charge < -0.3 is 31.7 Å². The van der Waals surface area contributed by atoms with Gasteiger partial charge in [0.2, 0.25) is 5.95 Å². The quantitative estimate of drug-likeness (QED) is 0.256. The molecule has 1 aliphatic heterocycles. The number of hydrogen-bond acceptors (Lipinski definition) is 9. The Bertz CT molecular complexity index is 973. The second kappa shape index (κ2) is 14.1. The van der Waals surface area contributed by atoms with E-state index in [1.54, 1.807) is 6.07 Å². The molecule has 10 heteroatoms. The van der Waals surface area contributed by atoms with E-state index in [0.717, 1.165) is 43.5 Å². The van der Waals surface area contributed by atoms with Crippen LogP contribution in [0, 0.1) is 0 Å². The van der Waals surface area contributed by atoms with Gasteiger partial charge >= 0.3 is 5.97 Å². The predicted molar refractivity (Wildman–Crippen MR) is 148 cm³/mol. The van der Waals surface area contributed by atoms with E-state index in [2.05, 4.69) is 55.1 Å². The molecule has 2 aromatic rings. The van der Waals surface area contributed by atoms with Gasteiger partial charge in [-0.2, -0.15) is 9.97 Å². The fourth-order valence-corrected chi connectivity index (χ4v) is 5.04. The summed E-state index contributed by atoms with van der Waals surface area (Å²) in [5, 5.41) is 19.5. The summed E-state index contributed by atoms with van der Waals surface area (Å²) in [6.07, 6.45) is 7.99. The van der Waals surface area contributed by atoms with E-state index < -0.39 is 5.97 Å². The number of benzene rings is 1. The first kappa shape index (κ1) is 27.1. The summed E-state index contributed by atoms with van der Waals surface area (Å²) in [7, 11) is 0. The summed E-state index contributed by atoms with van der Waals surface area (Å²) in [5.41, 5.74) is 8.47. The predicted octanol–water partition coefficient (Wildman–Crippen LogP) is 2.28. The Morgan fingerprint density at radius 1 is 0.973 bits per heavy atom. The molecular weight excluding hydrogens is 468 g/mol. The van der Waals surface area contributed by atoms with Gasteiger partial charge in [0, 0.05) is 51.4 Å². The summed E-state index contributed by atoms with van der Waals surface area (Å²) in [6.45, 7) is 6.43. The van der Waals surface area contributed by atoms with Crippen molar-refractivity contribution in [2.45, 2.75) is 57.7 Å². The summed E-state index contributed by atoms with van der Waals surface area (Å²) in [5.74, 6) is 0.875. The summed E-state index contributed by atoms with van der Waals surface area (Å²) < 4.78 is 0. The molecule has 4 rings (SSSR count). The molecule has 37 heavy (non-hydrogen) atoms. The van der Waals surface area contributed by atoms with Gasteiger partial charge in [-0.3, -0.25) is 9.69 Å². The largest absolute Gasteiger partial charge is 0.480 e. The van der Waals surface area contributed by atoms with Crippen molar-refractivity contribution < 1.29 is 9.90 Å². The van der Waals surface area contributed by atoms with Gasteiger partial charge in [-0.05, 0) is 43.5 Å². The second-order valence-electron chi connectivity index (χ2n) is 10.1. The number of nitrogen functional groups attached to an aromatic ring is 1. The van der Waals surface area contributed by atoms with Crippen molar-refractivity contribution in [1.82, 2.24) is 25.5 Å². The van der Waals surface area contributed by atoms with Gasteiger partial charge in [-0.25, -0.2) is 0 Å². The van der Waals surface area contributed by atoms with Crippen LogP contribution in [0.25, 0.3) is 0 Å². The average Bonchev–Trinajstić information content (AvgIpc) is 2.90. The van der Waals surface area contributed by atoms with Crippen LogP contribution in [0.15, 0.2) is 30.3 Å².